The third-order valence-corrected chi connectivity index (χ3v) is 4.54. The summed E-state index contributed by atoms with van der Waals surface area (Å²) in [6.07, 6.45) is 2.74. The lowest BCUT2D eigenvalue weighted by Gasteiger charge is -2.22. The Morgan fingerprint density at radius 2 is 1.85 bits per heavy atom. The van der Waals surface area contributed by atoms with Gasteiger partial charge in [-0.3, -0.25) is 9.48 Å². The second-order valence-corrected chi connectivity index (χ2v) is 6.41. The molecule has 132 valence electrons. The molecule has 4 rings (SSSR count). The summed E-state index contributed by atoms with van der Waals surface area (Å²) in [5.41, 5.74) is 3.99. The van der Waals surface area contributed by atoms with Crippen molar-refractivity contribution in [1.82, 2.24) is 15.1 Å². The molecule has 5 heteroatoms. The molecule has 0 bridgehead atoms. The van der Waals surface area contributed by atoms with E-state index in [-0.39, 0.29) is 12.0 Å². The van der Waals surface area contributed by atoms with Crippen LogP contribution in [0.4, 0.5) is 0 Å². The fourth-order valence-electron chi connectivity index (χ4n) is 3.22. The van der Waals surface area contributed by atoms with Gasteiger partial charge in [-0.1, -0.05) is 48.5 Å². The van der Waals surface area contributed by atoms with Gasteiger partial charge < -0.3 is 10.1 Å². The van der Waals surface area contributed by atoms with Crippen LogP contribution in [0.2, 0.25) is 0 Å². The van der Waals surface area contributed by atoms with Crippen LogP contribution in [-0.4, -0.2) is 28.8 Å². The van der Waals surface area contributed by atoms with Crippen LogP contribution in [0.1, 0.15) is 33.3 Å². The molecule has 1 aliphatic heterocycles. The highest BCUT2D eigenvalue weighted by Gasteiger charge is 2.25. The molecule has 3 aromatic rings. The highest BCUT2D eigenvalue weighted by molar-refractivity contribution is 5.94. The summed E-state index contributed by atoms with van der Waals surface area (Å²) in [4.78, 5) is 12.3. The molecule has 1 atom stereocenters. The van der Waals surface area contributed by atoms with Crippen LogP contribution < -0.4 is 5.32 Å². The van der Waals surface area contributed by atoms with Crippen molar-refractivity contribution in [1.29, 1.82) is 0 Å². The average molecular weight is 347 g/mol. The molecule has 0 fully saturated rings. The molecular formula is C21H21N3O2. The van der Waals surface area contributed by atoms with Crippen molar-refractivity contribution in [2.75, 3.05) is 13.2 Å². The summed E-state index contributed by atoms with van der Waals surface area (Å²) < 4.78 is 7.82. The summed E-state index contributed by atoms with van der Waals surface area (Å²) in [5.74, 6) is -0.0926. The summed E-state index contributed by atoms with van der Waals surface area (Å²) in [6, 6.07) is 19.5. The average Bonchev–Trinajstić information content (AvgIpc) is 3.10. The van der Waals surface area contributed by atoms with E-state index in [1.165, 1.54) is 11.1 Å². The molecule has 0 radical (unpaired) electrons. The van der Waals surface area contributed by atoms with Gasteiger partial charge in [0.15, 0.2) is 0 Å². The van der Waals surface area contributed by atoms with Crippen molar-refractivity contribution in [3.8, 4) is 0 Å². The number of fused-ring (bicyclic) bond motifs is 1. The number of carbonyl (C=O) groups excluding carboxylic acids is 1. The highest BCUT2D eigenvalue weighted by atomic mass is 16.5. The quantitative estimate of drug-likeness (QED) is 0.772. The predicted octanol–water partition coefficient (Wildman–Crippen LogP) is 2.98. The maximum Gasteiger partial charge on any atom is 0.251 e. The topological polar surface area (TPSA) is 56.1 Å². The first-order valence-electron chi connectivity index (χ1n) is 8.84. The second-order valence-electron chi connectivity index (χ2n) is 6.41. The number of hydrogen-bond acceptors (Lipinski definition) is 3. The smallest absolute Gasteiger partial charge is 0.251 e. The molecule has 0 saturated carbocycles. The molecular weight excluding hydrogens is 326 g/mol. The number of ether oxygens (including phenoxy) is 1. The Labute approximate surface area is 152 Å². The van der Waals surface area contributed by atoms with Gasteiger partial charge in [-0.05, 0) is 29.7 Å². The van der Waals surface area contributed by atoms with Crippen LogP contribution in [0.25, 0.3) is 0 Å². The number of nitrogens with one attached hydrogen (secondary N) is 1. The summed E-state index contributed by atoms with van der Waals surface area (Å²) in [6.45, 7) is 1.80. The van der Waals surface area contributed by atoms with E-state index in [0.717, 1.165) is 18.7 Å². The third-order valence-electron chi connectivity index (χ3n) is 4.54. The summed E-state index contributed by atoms with van der Waals surface area (Å²) >= 11 is 0. The van der Waals surface area contributed by atoms with Gasteiger partial charge in [0.1, 0.15) is 6.10 Å². The highest BCUT2D eigenvalue weighted by Crippen LogP contribution is 2.25. The van der Waals surface area contributed by atoms with Crippen molar-refractivity contribution in [3.63, 3.8) is 0 Å². The lowest BCUT2D eigenvalue weighted by molar-refractivity contribution is 0.0383. The number of carbonyl (C=O) groups is 1. The van der Waals surface area contributed by atoms with E-state index in [2.05, 4.69) is 23.6 Å². The Balaban J connectivity index is 1.44. The molecule has 1 N–H and O–H groups in total. The lowest BCUT2D eigenvalue weighted by atomic mass is 10.1. The molecule has 2 heterocycles. The molecule has 5 nitrogen and oxygen atoms in total. The minimum Gasteiger partial charge on any atom is -0.370 e. The van der Waals surface area contributed by atoms with Gasteiger partial charge in [-0.25, -0.2) is 0 Å². The zero-order valence-corrected chi connectivity index (χ0v) is 14.5. The van der Waals surface area contributed by atoms with E-state index in [1.807, 2.05) is 41.1 Å². The second kappa shape index (κ2) is 7.54. The van der Waals surface area contributed by atoms with Gasteiger partial charge in [0.05, 0.1) is 18.8 Å². The number of nitrogens with zero attached hydrogens (tertiary/aromatic N) is 2. The molecule has 0 unspecified atom stereocenters. The first-order valence-corrected chi connectivity index (χ1v) is 8.84. The van der Waals surface area contributed by atoms with Crippen LogP contribution in [0.5, 0.6) is 0 Å². The van der Waals surface area contributed by atoms with Crippen LogP contribution in [0.3, 0.4) is 0 Å². The van der Waals surface area contributed by atoms with E-state index < -0.39 is 0 Å². The number of hydrogen-bond donors (Lipinski definition) is 1. The molecule has 1 aliphatic rings. The monoisotopic (exact) mass is 347 g/mol. The van der Waals surface area contributed by atoms with Crippen molar-refractivity contribution in [2.24, 2.45) is 0 Å². The zero-order valence-electron chi connectivity index (χ0n) is 14.5. The number of amides is 1. The minimum atomic E-state index is -0.205. The maximum absolute atomic E-state index is 12.3. The molecule has 2 aromatic carbocycles. The molecule has 26 heavy (non-hydrogen) atoms. The fraction of sp³-hybridized carbons (Fsp3) is 0.238. The first kappa shape index (κ1) is 16.5. The van der Waals surface area contributed by atoms with E-state index in [9.17, 15) is 4.79 Å². The third kappa shape index (κ3) is 3.68. The van der Waals surface area contributed by atoms with Crippen LogP contribution in [-0.2, 0) is 17.7 Å². The fourth-order valence-corrected chi connectivity index (χ4v) is 3.22. The zero-order chi connectivity index (χ0) is 17.8. The van der Waals surface area contributed by atoms with Crippen LogP contribution in [0.15, 0.2) is 66.9 Å². The van der Waals surface area contributed by atoms with Crippen molar-refractivity contribution in [2.45, 2.75) is 19.1 Å². The van der Waals surface area contributed by atoms with Gasteiger partial charge in [-0.15, -0.1) is 0 Å². The first-order chi connectivity index (χ1) is 12.8. The summed E-state index contributed by atoms with van der Waals surface area (Å²) in [7, 11) is 0. The van der Waals surface area contributed by atoms with Crippen molar-refractivity contribution >= 4 is 5.91 Å². The summed E-state index contributed by atoms with van der Waals surface area (Å²) in [5, 5.41) is 7.67. The minimum absolute atomic E-state index is 0.0926. The van der Waals surface area contributed by atoms with Crippen LogP contribution >= 0.6 is 0 Å². The predicted molar refractivity (Wildman–Crippen MR) is 98.9 cm³/mol. The Hall–Kier alpha value is -2.92. The molecule has 0 aliphatic carbocycles. The normalized spacial score (nSPS) is 16.1. The molecule has 1 amide bonds. The van der Waals surface area contributed by atoms with Gasteiger partial charge in [0.2, 0.25) is 0 Å². The van der Waals surface area contributed by atoms with Crippen LogP contribution in [0, 0.1) is 0 Å². The Bertz CT molecular complexity index is 875. The largest absolute Gasteiger partial charge is 0.370 e. The Kier molecular flexibility index (Phi) is 4.80. The Morgan fingerprint density at radius 1 is 1.12 bits per heavy atom. The van der Waals surface area contributed by atoms with Gasteiger partial charge >= 0.3 is 0 Å². The Morgan fingerprint density at radius 3 is 2.62 bits per heavy atom. The van der Waals surface area contributed by atoms with Crippen molar-refractivity contribution in [3.05, 3.63) is 89.2 Å². The van der Waals surface area contributed by atoms with Gasteiger partial charge in [0, 0.05) is 18.3 Å². The number of rotatable bonds is 5. The number of aromatic nitrogens is 2. The van der Waals surface area contributed by atoms with Gasteiger partial charge in [-0.2, -0.15) is 5.10 Å². The van der Waals surface area contributed by atoms with Gasteiger partial charge in [0.25, 0.3) is 5.91 Å². The lowest BCUT2D eigenvalue weighted by Crippen LogP contribution is -2.31. The molecule has 1 aromatic heterocycles. The van der Waals surface area contributed by atoms with Crippen molar-refractivity contribution < 1.29 is 9.53 Å². The van der Waals surface area contributed by atoms with E-state index in [0.29, 0.717) is 18.7 Å². The molecule has 0 saturated heterocycles. The molecule has 0 spiro atoms. The van der Waals surface area contributed by atoms with E-state index >= 15 is 0 Å². The van der Waals surface area contributed by atoms with E-state index in [1.54, 1.807) is 12.1 Å². The number of benzene rings is 2. The standard InChI is InChI=1S/C21H21N3O2/c25-21(17-9-5-2-6-10-17)22-13-19-20-18(11-12-26-19)15-24(23-20)14-16-7-3-1-4-8-16/h1-10,15,19H,11-14H2,(H,22,25)/t19-/m1/s1. The van der Waals surface area contributed by atoms with E-state index in [4.69, 9.17) is 9.84 Å². The maximum atomic E-state index is 12.3. The SMILES string of the molecule is O=C(NC[C@H]1OCCc2cn(Cc3ccccc3)nc21)c1ccccc1.